The van der Waals surface area contributed by atoms with E-state index in [2.05, 4.69) is 15.5 Å². The minimum Gasteiger partial charge on any atom is -0.324 e. The van der Waals surface area contributed by atoms with Gasteiger partial charge in [0, 0.05) is 10.6 Å². The molecule has 0 fully saturated rings. The second-order valence-corrected chi connectivity index (χ2v) is 8.92. The lowest BCUT2D eigenvalue weighted by molar-refractivity contribution is -0.119. The molecule has 4 rings (SSSR count). The van der Waals surface area contributed by atoms with E-state index in [0.717, 1.165) is 27.2 Å². The molecule has 0 radical (unpaired) electrons. The molecule has 0 saturated carbocycles. The van der Waals surface area contributed by atoms with Crippen LogP contribution in [0.25, 0.3) is 16.6 Å². The number of aryl methyl sites for hydroxylation is 3. The molecule has 0 unspecified atom stereocenters. The summed E-state index contributed by atoms with van der Waals surface area (Å²) >= 11 is 1.60. The first-order valence-corrected chi connectivity index (χ1v) is 12.1. The van der Waals surface area contributed by atoms with Gasteiger partial charge in [0.25, 0.3) is 5.56 Å². The fraction of sp³-hybridized carbons (Fsp3) is 0.280. The summed E-state index contributed by atoms with van der Waals surface area (Å²) in [6, 6.07) is 14.8. The van der Waals surface area contributed by atoms with E-state index in [-0.39, 0.29) is 11.5 Å². The van der Waals surface area contributed by atoms with Gasteiger partial charge in [-0.3, -0.25) is 9.59 Å². The molecule has 0 aliphatic rings. The van der Waals surface area contributed by atoms with E-state index in [0.29, 0.717) is 23.3 Å². The van der Waals surface area contributed by atoms with Gasteiger partial charge >= 0.3 is 0 Å². The molecule has 0 spiro atoms. The van der Waals surface area contributed by atoms with E-state index >= 15 is 0 Å². The lowest BCUT2D eigenvalue weighted by atomic mass is 10.1. The number of thioether (sulfide) groups is 1. The van der Waals surface area contributed by atoms with Crippen LogP contribution in [0, 0.1) is 20.8 Å². The molecule has 1 amide bonds. The van der Waals surface area contributed by atoms with Gasteiger partial charge in [0.2, 0.25) is 5.91 Å². The Balaban J connectivity index is 1.76. The smallest absolute Gasteiger partial charge is 0.295 e. The minimum absolute atomic E-state index is 0.279. The molecular weight excluding hydrogens is 434 g/mol. The highest BCUT2D eigenvalue weighted by atomic mass is 32.2. The van der Waals surface area contributed by atoms with Gasteiger partial charge in [-0.05, 0) is 63.8 Å². The van der Waals surface area contributed by atoms with Crippen LogP contribution in [-0.2, 0) is 4.79 Å². The molecule has 1 atom stereocenters. The van der Waals surface area contributed by atoms with E-state index < -0.39 is 6.04 Å². The van der Waals surface area contributed by atoms with Crippen molar-refractivity contribution >= 4 is 34.3 Å². The van der Waals surface area contributed by atoms with Crippen molar-refractivity contribution in [2.75, 3.05) is 11.6 Å². The zero-order valence-electron chi connectivity index (χ0n) is 19.4. The Bertz CT molecular complexity index is 1390. The second kappa shape index (κ2) is 9.23. The van der Waals surface area contributed by atoms with Crippen molar-refractivity contribution in [1.82, 2.24) is 19.6 Å². The number of rotatable bonds is 6. The van der Waals surface area contributed by atoms with Crippen LogP contribution in [0.1, 0.15) is 36.3 Å². The highest BCUT2D eigenvalue weighted by molar-refractivity contribution is 7.98. The van der Waals surface area contributed by atoms with Crippen molar-refractivity contribution in [2.24, 2.45) is 0 Å². The van der Waals surface area contributed by atoms with Gasteiger partial charge in [0.1, 0.15) is 6.04 Å². The average Bonchev–Trinajstić information content (AvgIpc) is 3.16. The number of hydrogen-bond donors (Lipinski definition) is 1. The highest BCUT2D eigenvalue weighted by Crippen LogP contribution is 2.24. The SMILES string of the molecule is CC[C@@H](C(=O)Nc1cccc(SC)c1)n1nc(C)c2c(C)n(-c3ccc(C)cc3)nc2c1=O. The molecule has 0 bridgehead atoms. The normalized spacial score (nSPS) is 12.2. The summed E-state index contributed by atoms with van der Waals surface area (Å²) in [5.41, 5.74) is 4.16. The maximum atomic E-state index is 13.4. The Morgan fingerprint density at radius 1 is 1.09 bits per heavy atom. The van der Waals surface area contributed by atoms with Gasteiger partial charge in [-0.1, -0.05) is 30.7 Å². The first kappa shape index (κ1) is 22.8. The standard InChI is InChI=1S/C25H27N5O2S/c1-6-21(24(31)26-18-8-7-9-20(14-18)33-5)30-25(32)23-22(16(3)27-30)17(4)29(28-23)19-12-10-15(2)11-13-19/h7-14,21H,6H2,1-5H3,(H,26,31)/t21-/m0/s1. The van der Waals surface area contributed by atoms with E-state index in [1.807, 2.05) is 82.5 Å². The molecule has 8 heteroatoms. The van der Waals surface area contributed by atoms with Gasteiger partial charge in [-0.2, -0.15) is 10.2 Å². The number of anilines is 1. The quantitative estimate of drug-likeness (QED) is 0.416. The number of aromatic nitrogens is 4. The van der Waals surface area contributed by atoms with E-state index in [1.54, 1.807) is 16.4 Å². The Kier molecular flexibility index (Phi) is 6.37. The third-order valence-electron chi connectivity index (χ3n) is 5.75. The number of nitrogens with one attached hydrogen (secondary N) is 1. The Morgan fingerprint density at radius 2 is 1.82 bits per heavy atom. The molecule has 0 saturated heterocycles. The number of amides is 1. The number of carbonyl (C=O) groups excluding carboxylic acids is 1. The van der Waals surface area contributed by atoms with Gasteiger partial charge < -0.3 is 5.32 Å². The maximum Gasteiger partial charge on any atom is 0.295 e. The van der Waals surface area contributed by atoms with Crippen molar-refractivity contribution < 1.29 is 4.79 Å². The number of carbonyl (C=O) groups is 1. The van der Waals surface area contributed by atoms with Gasteiger partial charge in [0.15, 0.2) is 5.52 Å². The number of hydrogen-bond acceptors (Lipinski definition) is 5. The van der Waals surface area contributed by atoms with Crippen molar-refractivity contribution in [1.29, 1.82) is 0 Å². The van der Waals surface area contributed by atoms with Gasteiger partial charge in [-0.15, -0.1) is 11.8 Å². The molecule has 170 valence electrons. The van der Waals surface area contributed by atoms with Crippen LogP contribution in [0.15, 0.2) is 58.2 Å². The largest absolute Gasteiger partial charge is 0.324 e. The average molecular weight is 462 g/mol. The van der Waals surface area contributed by atoms with Crippen LogP contribution in [0.4, 0.5) is 5.69 Å². The van der Waals surface area contributed by atoms with E-state index in [4.69, 9.17) is 0 Å². The third kappa shape index (κ3) is 4.30. The van der Waals surface area contributed by atoms with Gasteiger partial charge in [-0.25, -0.2) is 9.36 Å². The molecular formula is C25H27N5O2S. The molecule has 2 aromatic heterocycles. The van der Waals surface area contributed by atoms with E-state index in [9.17, 15) is 9.59 Å². The van der Waals surface area contributed by atoms with Crippen molar-refractivity contribution in [3.63, 3.8) is 0 Å². The summed E-state index contributed by atoms with van der Waals surface area (Å²) in [5, 5.41) is 12.8. The molecule has 33 heavy (non-hydrogen) atoms. The Labute approximate surface area is 196 Å². The van der Waals surface area contributed by atoms with Crippen LogP contribution in [0.3, 0.4) is 0 Å². The highest BCUT2D eigenvalue weighted by Gasteiger charge is 2.25. The molecule has 0 aliphatic heterocycles. The molecule has 7 nitrogen and oxygen atoms in total. The zero-order valence-corrected chi connectivity index (χ0v) is 20.2. The molecule has 2 heterocycles. The Morgan fingerprint density at radius 3 is 2.48 bits per heavy atom. The van der Waals surface area contributed by atoms with Crippen molar-refractivity contribution in [2.45, 2.75) is 45.1 Å². The van der Waals surface area contributed by atoms with Gasteiger partial charge in [0.05, 0.1) is 22.5 Å². The topological polar surface area (TPSA) is 81.8 Å². The van der Waals surface area contributed by atoms with Crippen LogP contribution in [-0.4, -0.2) is 31.7 Å². The minimum atomic E-state index is -0.747. The zero-order chi connectivity index (χ0) is 23.7. The summed E-state index contributed by atoms with van der Waals surface area (Å²) in [6.07, 6.45) is 2.40. The predicted octanol–water partition coefficient (Wildman–Crippen LogP) is 4.82. The van der Waals surface area contributed by atoms with Crippen molar-refractivity contribution in [3.8, 4) is 5.69 Å². The monoisotopic (exact) mass is 461 g/mol. The van der Waals surface area contributed by atoms with Crippen LogP contribution < -0.4 is 10.9 Å². The Hall–Kier alpha value is -3.39. The first-order valence-electron chi connectivity index (χ1n) is 10.8. The fourth-order valence-electron chi connectivity index (χ4n) is 4.00. The summed E-state index contributed by atoms with van der Waals surface area (Å²) in [6.45, 7) is 7.66. The van der Waals surface area contributed by atoms with E-state index in [1.165, 1.54) is 4.68 Å². The predicted molar refractivity (Wildman–Crippen MR) is 134 cm³/mol. The summed E-state index contributed by atoms with van der Waals surface area (Å²) < 4.78 is 3.04. The molecule has 0 aliphatic carbocycles. The lowest BCUT2D eigenvalue weighted by Crippen LogP contribution is -2.35. The number of fused-ring (bicyclic) bond motifs is 1. The lowest BCUT2D eigenvalue weighted by Gasteiger charge is -2.17. The maximum absolute atomic E-state index is 13.4. The summed E-state index contributed by atoms with van der Waals surface area (Å²) in [7, 11) is 0. The second-order valence-electron chi connectivity index (χ2n) is 8.04. The van der Waals surface area contributed by atoms with Crippen molar-refractivity contribution in [3.05, 3.63) is 75.8 Å². The van der Waals surface area contributed by atoms with Crippen LogP contribution in [0.5, 0.6) is 0 Å². The van der Waals surface area contributed by atoms with Crippen LogP contribution in [0.2, 0.25) is 0 Å². The number of nitrogens with zero attached hydrogens (tertiary/aromatic N) is 4. The summed E-state index contributed by atoms with van der Waals surface area (Å²) in [5.74, 6) is -0.279. The molecule has 1 N–H and O–H groups in total. The summed E-state index contributed by atoms with van der Waals surface area (Å²) in [4.78, 5) is 27.6. The molecule has 2 aromatic carbocycles. The molecule has 4 aromatic rings. The number of benzene rings is 2. The fourth-order valence-corrected chi connectivity index (χ4v) is 4.45. The first-order chi connectivity index (χ1) is 15.8. The van der Waals surface area contributed by atoms with Crippen LogP contribution >= 0.6 is 11.8 Å². The third-order valence-corrected chi connectivity index (χ3v) is 6.47.